The highest BCUT2D eigenvalue weighted by Gasteiger charge is 2.34. The summed E-state index contributed by atoms with van der Waals surface area (Å²) in [6.45, 7) is 1.88. The van der Waals surface area contributed by atoms with E-state index in [0.29, 0.717) is 12.5 Å². The predicted molar refractivity (Wildman–Crippen MR) is 64.9 cm³/mol. The van der Waals surface area contributed by atoms with Gasteiger partial charge in [0, 0.05) is 18.5 Å². The average molecular weight is 224 g/mol. The number of nitrogens with one attached hydrogen (secondary N) is 1. The number of rotatable bonds is 3. The summed E-state index contributed by atoms with van der Waals surface area (Å²) < 4.78 is 0. The summed E-state index contributed by atoms with van der Waals surface area (Å²) in [7, 11) is 0. The van der Waals surface area contributed by atoms with Gasteiger partial charge in [-0.25, -0.2) is 0 Å². The molecule has 0 aromatic rings. The van der Waals surface area contributed by atoms with Crippen LogP contribution in [0.1, 0.15) is 51.9 Å². The number of hydrogen-bond donors (Lipinski definition) is 2. The fourth-order valence-corrected chi connectivity index (χ4v) is 3.41. The second-order valence-corrected chi connectivity index (χ2v) is 5.71. The van der Waals surface area contributed by atoms with Gasteiger partial charge in [-0.3, -0.25) is 4.79 Å². The van der Waals surface area contributed by atoms with Gasteiger partial charge < -0.3 is 11.1 Å². The van der Waals surface area contributed by atoms with Crippen molar-refractivity contribution in [1.29, 1.82) is 0 Å². The Kier molecular flexibility index (Phi) is 3.85. The third kappa shape index (κ3) is 2.97. The normalized spacial score (nSPS) is 35.5. The van der Waals surface area contributed by atoms with Crippen LogP contribution in [-0.2, 0) is 4.79 Å². The number of carbonyl (C=O) groups is 1. The van der Waals surface area contributed by atoms with Crippen LogP contribution in [0.3, 0.4) is 0 Å². The van der Waals surface area contributed by atoms with Crippen LogP contribution in [0, 0.1) is 11.8 Å². The Labute approximate surface area is 98.2 Å². The Bertz CT molecular complexity index is 252. The van der Waals surface area contributed by atoms with E-state index in [1.165, 1.54) is 38.5 Å². The van der Waals surface area contributed by atoms with Crippen molar-refractivity contribution < 1.29 is 4.79 Å². The molecule has 2 aliphatic rings. The molecule has 0 saturated heterocycles. The molecule has 1 amide bonds. The van der Waals surface area contributed by atoms with Crippen LogP contribution in [-0.4, -0.2) is 18.0 Å². The summed E-state index contributed by atoms with van der Waals surface area (Å²) in [6, 6.07) is 0.397. The minimum absolute atomic E-state index is 0.0252. The first kappa shape index (κ1) is 11.9. The third-order valence-corrected chi connectivity index (χ3v) is 4.16. The third-order valence-electron chi connectivity index (χ3n) is 4.16. The highest BCUT2D eigenvalue weighted by atomic mass is 16.1. The topological polar surface area (TPSA) is 55.1 Å². The molecular formula is C13H24N2O. The van der Waals surface area contributed by atoms with Crippen LogP contribution in [0.5, 0.6) is 0 Å². The number of amides is 1. The van der Waals surface area contributed by atoms with E-state index in [1.54, 1.807) is 0 Å². The van der Waals surface area contributed by atoms with E-state index in [9.17, 15) is 4.79 Å². The Balaban J connectivity index is 1.76. The first-order valence-corrected chi connectivity index (χ1v) is 6.70. The summed E-state index contributed by atoms with van der Waals surface area (Å²) in [5, 5.41) is 3.14. The predicted octanol–water partition coefficient (Wildman–Crippen LogP) is 1.81. The Morgan fingerprint density at radius 2 is 2.06 bits per heavy atom. The number of fused-ring (bicyclic) bond motifs is 1. The zero-order valence-corrected chi connectivity index (χ0v) is 10.2. The molecule has 3 N–H and O–H groups in total. The summed E-state index contributed by atoms with van der Waals surface area (Å²) >= 11 is 0. The maximum atomic E-state index is 11.6. The zero-order chi connectivity index (χ0) is 11.5. The van der Waals surface area contributed by atoms with Crippen molar-refractivity contribution in [3.63, 3.8) is 0 Å². The fraction of sp³-hybridized carbons (Fsp3) is 0.923. The van der Waals surface area contributed by atoms with Gasteiger partial charge in [0.1, 0.15) is 0 Å². The summed E-state index contributed by atoms with van der Waals surface area (Å²) in [4.78, 5) is 11.6. The maximum absolute atomic E-state index is 11.6. The minimum Gasteiger partial charge on any atom is -0.353 e. The quantitative estimate of drug-likeness (QED) is 0.768. The first-order chi connectivity index (χ1) is 7.65. The molecule has 0 aromatic heterocycles. The van der Waals surface area contributed by atoms with Crippen molar-refractivity contribution in [2.24, 2.45) is 17.6 Å². The molecule has 2 fully saturated rings. The van der Waals surface area contributed by atoms with Crippen LogP contribution < -0.4 is 11.1 Å². The lowest BCUT2D eigenvalue weighted by Gasteiger charge is -2.32. The van der Waals surface area contributed by atoms with Crippen LogP contribution in [0.2, 0.25) is 0 Å². The summed E-state index contributed by atoms with van der Waals surface area (Å²) in [5.41, 5.74) is 5.62. The van der Waals surface area contributed by atoms with Gasteiger partial charge >= 0.3 is 0 Å². The van der Waals surface area contributed by atoms with Gasteiger partial charge in [-0.05, 0) is 38.0 Å². The molecule has 4 unspecified atom stereocenters. The monoisotopic (exact) mass is 224 g/mol. The van der Waals surface area contributed by atoms with Crippen molar-refractivity contribution in [3.8, 4) is 0 Å². The largest absolute Gasteiger partial charge is 0.353 e. The van der Waals surface area contributed by atoms with E-state index in [0.717, 1.165) is 11.8 Å². The lowest BCUT2D eigenvalue weighted by molar-refractivity contribution is -0.122. The van der Waals surface area contributed by atoms with Gasteiger partial charge in [0.05, 0.1) is 0 Å². The number of carbonyl (C=O) groups excluding carboxylic acids is 1. The minimum atomic E-state index is -0.0252. The Morgan fingerprint density at radius 3 is 2.81 bits per heavy atom. The first-order valence-electron chi connectivity index (χ1n) is 6.70. The van der Waals surface area contributed by atoms with E-state index >= 15 is 0 Å². The van der Waals surface area contributed by atoms with Crippen molar-refractivity contribution in [3.05, 3.63) is 0 Å². The number of nitrogens with two attached hydrogens (primary N) is 1. The van der Waals surface area contributed by atoms with Crippen LogP contribution in [0.25, 0.3) is 0 Å². The Hall–Kier alpha value is -0.570. The molecular weight excluding hydrogens is 200 g/mol. The zero-order valence-electron chi connectivity index (χ0n) is 10.2. The lowest BCUT2D eigenvalue weighted by atomic mass is 9.79. The van der Waals surface area contributed by atoms with Crippen LogP contribution >= 0.6 is 0 Å². The molecule has 0 spiro atoms. The second kappa shape index (κ2) is 5.17. The van der Waals surface area contributed by atoms with Gasteiger partial charge in [-0.2, -0.15) is 0 Å². The molecule has 92 valence electrons. The van der Waals surface area contributed by atoms with Crippen LogP contribution in [0.15, 0.2) is 0 Å². The van der Waals surface area contributed by atoms with E-state index in [1.807, 2.05) is 6.92 Å². The smallest absolute Gasteiger partial charge is 0.221 e. The molecule has 0 aliphatic heterocycles. The molecule has 0 heterocycles. The molecule has 0 aromatic carbocycles. The van der Waals surface area contributed by atoms with E-state index < -0.39 is 0 Å². The average Bonchev–Trinajstić information content (AvgIpc) is 2.63. The van der Waals surface area contributed by atoms with Crippen molar-refractivity contribution in [2.75, 3.05) is 0 Å². The molecule has 2 saturated carbocycles. The summed E-state index contributed by atoms with van der Waals surface area (Å²) in [5.74, 6) is 1.98. The highest BCUT2D eigenvalue weighted by Crippen LogP contribution is 2.41. The second-order valence-electron chi connectivity index (χ2n) is 5.71. The fourth-order valence-electron chi connectivity index (χ4n) is 3.41. The van der Waals surface area contributed by atoms with Gasteiger partial charge in [-0.1, -0.05) is 19.3 Å². The molecule has 3 heteroatoms. The van der Waals surface area contributed by atoms with Gasteiger partial charge in [0.2, 0.25) is 5.91 Å². The molecule has 4 atom stereocenters. The van der Waals surface area contributed by atoms with Crippen molar-refractivity contribution in [1.82, 2.24) is 5.32 Å². The summed E-state index contributed by atoms with van der Waals surface area (Å²) in [6.07, 6.45) is 8.35. The molecule has 2 aliphatic carbocycles. The van der Waals surface area contributed by atoms with E-state index in [-0.39, 0.29) is 11.9 Å². The maximum Gasteiger partial charge on any atom is 0.221 e. The molecule has 0 bridgehead atoms. The van der Waals surface area contributed by atoms with Gasteiger partial charge in [0.15, 0.2) is 0 Å². The van der Waals surface area contributed by atoms with Crippen LogP contribution in [0.4, 0.5) is 0 Å². The van der Waals surface area contributed by atoms with Gasteiger partial charge in [0.25, 0.3) is 0 Å². The van der Waals surface area contributed by atoms with E-state index in [4.69, 9.17) is 5.73 Å². The van der Waals surface area contributed by atoms with Crippen molar-refractivity contribution in [2.45, 2.75) is 64.0 Å². The molecule has 2 rings (SSSR count). The molecule has 3 nitrogen and oxygen atoms in total. The lowest BCUT2D eigenvalue weighted by Crippen LogP contribution is -2.41. The Morgan fingerprint density at radius 1 is 1.31 bits per heavy atom. The highest BCUT2D eigenvalue weighted by molar-refractivity contribution is 5.76. The van der Waals surface area contributed by atoms with E-state index in [2.05, 4.69) is 5.32 Å². The molecule has 16 heavy (non-hydrogen) atoms. The van der Waals surface area contributed by atoms with Crippen molar-refractivity contribution >= 4 is 5.91 Å². The standard InChI is InChI=1S/C13H24N2O/c1-9(14)7-13(16)15-12-6-5-10-3-2-4-11(10)8-12/h9-12H,2-8,14H2,1H3,(H,15,16). The molecule has 0 radical (unpaired) electrons. The number of hydrogen-bond acceptors (Lipinski definition) is 2. The SMILES string of the molecule is CC(N)CC(=O)NC1CCC2CCCC2C1. The van der Waals surface area contributed by atoms with Gasteiger partial charge in [-0.15, -0.1) is 0 Å².